The average Bonchev–Trinajstić information content (AvgIpc) is 2.47. The van der Waals surface area contributed by atoms with E-state index in [0.717, 1.165) is 31.4 Å². The van der Waals surface area contributed by atoms with Crippen LogP contribution in [0.2, 0.25) is 0 Å². The molecule has 1 saturated heterocycles. The van der Waals surface area contributed by atoms with Crippen LogP contribution in [0.3, 0.4) is 0 Å². The topological polar surface area (TPSA) is 49.4 Å². The quantitative estimate of drug-likeness (QED) is 0.918. The summed E-state index contributed by atoms with van der Waals surface area (Å²) in [6, 6.07) is 3.98. The molecule has 1 aromatic rings. The van der Waals surface area contributed by atoms with E-state index in [9.17, 15) is 21.6 Å². The SMILES string of the molecule is CC(NS(=O)(=O)N1CCCCC1)c1cccc(C(F)(F)F)c1. The van der Waals surface area contributed by atoms with Gasteiger partial charge in [-0.05, 0) is 37.5 Å². The Morgan fingerprint density at radius 2 is 1.82 bits per heavy atom. The predicted molar refractivity (Wildman–Crippen MR) is 77.3 cm³/mol. The van der Waals surface area contributed by atoms with Crippen LogP contribution >= 0.6 is 0 Å². The van der Waals surface area contributed by atoms with E-state index in [1.165, 1.54) is 23.4 Å². The molecule has 4 nitrogen and oxygen atoms in total. The Kier molecular flexibility index (Phi) is 5.14. The third-order valence-corrected chi connectivity index (χ3v) is 5.39. The summed E-state index contributed by atoms with van der Waals surface area (Å²) >= 11 is 0. The lowest BCUT2D eigenvalue weighted by Crippen LogP contribution is -2.44. The van der Waals surface area contributed by atoms with Crippen LogP contribution in [-0.2, 0) is 16.4 Å². The molecular weight excluding hydrogens is 317 g/mol. The Hall–Kier alpha value is -1.12. The molecule has 0 radical (unpaired) electrons. The van der Waals surface area contributed by atoms with Gasteiger partial charge in [0.2, 0.25) is 0 Å². The van der Waals surface area contributed by atoms with Gasteiger partial charge in [-0.25, -0.2) is 0 Å². The van der Waals surface area contributed by atoms with Crippen molar-refractivity contribution in [1.82, 2.24) is 9.03 Å². The zero-order valence-corrected chi connectivity index (χ0v) is 13.0. The Bertz CT molecular complexity index is 611. The van der Waals surface area contributed by atoms with Crippen molar-refractivity contribution in [2.24, 2.45) is 0 Å². The standard InChI is InChI=1S/C14H19F3N2O2S/c1-11(12-6-5-7-13(10-12)14(15,16)17)18-22(20,21)19-8-3-2-4-9-19/h5-7,10-11,18H,2-4,8-9H2,1H3. The number of benzene rings is 1. The number of alkyl halides is 3. The molecule has 1 fully saturated rings. The van der Waals surface area contributed by atoms with Gasteiger partial charge in [0.1, 0.15) is 0 Å². The summed E-state index contributed by atoms with van der Waals surface area (Å²) in [6.45, 7) is 2.44. The monoisotopic (exact) mass is 336 g/mol. The molecule has 1 unspecified atom stereocenters. The molecule has 0 aliphatic carbocycles. The lowest BCUT2D eigenvalue weighted by atomic mass is 10.1. The molecule has 124 valence electrons. The third kappa shape index (κ3) is 4.21. The molecule has 2 rings (SSSR count). The minimum Gasteiger partial charge on any atom is -0.195 e. The maximum atomic E-state index is 12.7. The number of nitrogens with one attached hydrogen (secondary N) is 1. The predicted octanol–water partition coefficient (Wildman–Crippen LogP) is 3.09. The fraction of sp³-hybridized carbons (Fsp3) is 0.571. The molecule has 0 bridgehead atoms. The van der Waals surface area contributed by atoms with Crippen molar-refractivity contribution in [1.29, 1.82) is 0 Å². The highest BCUT2D eigenvalue weighted by Crippen LogP contribution is 2.31. The molecule has 1 aliphatic rings. The van der Waals surface area contributed by atoms with Crippen LogP contribution in [0, 0.1) is 0 Å². The lowest BCUT2D eigenvalue weighted by Gasteiger charge is -2.27. The van der Waals surface area contributed by atoms with E-state index in [2.05, 4.69) is 4.72 Å². The third-order valence-electron chi connectivity index (χ3n) is 3.69. The fourth-order valence-electron chi connectivity index (χ4n) is 2.46. The average molecular weight is 336 g/mol. The Labute approximate surface area is 128 Å². The molecule has 8 heteroatoms. The van der Waals surface area contributed by atoms with Crippen molar-refractivity contribution < 1.29 is 21.6 Å². The van der Waals surface area contributed by atoms with Crippen molar-refractivity contribution in [2.75, 3.05) is 13.1 Å². The number of rotatable bonds is 4. The van der Waals surface area contributed by atoms with Gasteiger partial charge in [-0.15, -0.1) is 0 Å². The molecule has 0 saturated carbocycles. The molecule has 22 heavy (non-hydrogen) atoms. The molecule has 1 N–H and O–H groups in total. The molecular formula is C14H19F3N2O2S. The van der Waals surface area contributed by atoms with Crippen molar-refractivity contribution in [3.63, 3.8) is 0 Å². The first-order chi connectivity index (χ1) is 10.2. The summed E-state index contributed by atoms with van der Waals surface area (Å²) in [7, 11) is -3.68. The van der Waals surface area contributed by atoms with Gasteiger partial charge in [-0.2, -0.15) is 30.6 Å². The lowest BCUT2D eigenvalue weighted by molar-refractivity contribution is -0.137. The summed E-state index contributed by atoms with van der Waals surface area (Å²) in [4.78, 5) is 0. The van der Waals surface area contributed by atoms with Crippen LogP contribution in [0.1, 0.15) is 43.4 Å². The second-order valence-electron chi connectivity index (χ2n) is 5.43. The first-order valence-corrected chi connectivity index (χ1v) is 8.59. The van der Waals surface area contributed by atoms with Crippen LogP contribution in [0.15, 0.2) is 24.3 Å². The summed E-state index contributed by atoms with van der Waals surface area (Å²) in [6.07, 6.45) is -1.84. The van der Waals surface area contributed by atoms with Gasteiger partial charge < -0.3 is 0 Å². The summed E-state index contributed by atoms with van der Waals surface area (Å²) in [5, 5.41) is 0. The van der Waals surface area contributed by atoms with Crippen LogP contribution in [0.4, 0.5) is 13.2 Å². The van der Waals surface area contributed by atoms with E-state index < -0.39 is 28.0 Å². The normalized spacial score (nSPS) is 19.1. The number of hydrogen-bond donors (Lipinski definition) is 1. The van der Waals surface area contributed by atoms with Gasteiger partial charge in [0.15, 0.2) is 0 Å². The van der Waals surface area contributed by atoms with E-state index in [4.69, 9.17) is 0 Å². The Morgan fingerprint density at radius 1 is 1.18 bits per heavy atom. The van der Waals surface area contributed by atoms with Crippen LogP contribution in [0.25, 0.3) is 0 Å². The van der Waals surface area contributed by atoms with Gasteiger partial charge in [-0.3, -0.25) is 0 Å². The number of nitrogens with zero attached hydrogens (tertiary/aromatic N) is 1. The molecule has 1 aliphatic heterocycles. The van der Waals surface area contributed by atoms with Gasteiger partial charge in [-0.1, -0.05) is 18.6 Å². The number of piperidine rings is 1. The van der Waals surface area contributed by atoms with Crippen LogP contribution < -0.4 is 4.72 Å². The largest absolute Gasteiger partial charge is 0.416 e. The van der Waals surface area contributed by atoms with Crippen molar-refractivity contribution >= 4 is 10.2 Å². The molecule has 1 heterocycles. The van der Waals surface area contributed by atoms with Gasteiger partial charge in [0.05, 0.1) is 5.56 Å². The van der Waals surface area contributed by atoms with Crippen LogP contribution in [0.5, 0.6) is 0 Å². The second-order valence-corrected chi connectivity index (χ2v) is 7.13. The van der Waals surface area contributed by atoms with E-state index >= 15 is 0 Å². The smallest absolute Gasteiger partial charge is 0.195 e. The Balaban J connectivity index is 2.13. The molecule has 0 amide bonds. The van der Waals surface area contributed by atoms with Crippen LogP contribution in [-0.4, -0.2) is 25.8 Å². The Morgan fingerprint density at radius 3 is 2.41 bits per heavy atom. The number of hydrogen-bond acceptors (Lipinski definition) is 2. The zero-order valence-electron chi connectivity index (χ0n) is 12.2. The zero-order chi connectivity index (χ0) is 16.4. The highest BCUT2D eigenvalue weighted by Gasteiger charge is 2.31. The maximum Gasteiger partial charge on any atom is 0.416 e. The summed E-state index contributed by atoms with van der Waals surface area (Å²) in [5.74, 6) is 0. The first kappa shape index (κ1) is 17.2. The summed E-state index contributed by atoms with van der Waals surface area (Å²) in [5.41, 5.74) is -0.496. The first-order valence-electron chi connectivity index (χ1n) is 7.15. The second kappa shape index (κ2) is 6.55. The maximum absolute atomic E-state index is 12.7. The molecule has 0 aromatic heterocycles. The molecule has 1 atom stereocenters. The molecule has 1 aromatic carbocycles. The van der Waals surface area contributed by atoms with Gasteiger partial charge in [0, 0.05) is 19.1 Å². The highest BCUT2D eigenvalue weighted by molar-refractivity contribution is 7.87. The van der Waals surface area contributed by atoms with E-state index in [-0.39, 0.29) is 5.56 Å². The minimum absolute atomic E-state index is 0.287. The number of halogens is 3. The summed E-state index contributed by atoms with van der Waals surface area (Å²) < 4.78 is 66.4. The highest BCUT2D eigenvalue weighted by atomic mass is 32.2. The van der Waals surface area contributed by atoms with Crippen molar-refractivity contribution in [3.8, 4) is 0 Å². The molecule has 0 spiro atoms. The van der Waals surface area contributed by atoms with Crippen molar-refractivity contribution in [2.45, 2.75) is 38.4 Å². The minimum atomic E-state index is -4.44. The van der Waals surface area contributed by atoms with Gasteiger partial charge >= 0.3 is 6.18 Å². The van der Waals surface area contributed by atoms with E-state index in [1.54, 1.807) is 0 Å². The van der Waals surface area contributed by atoms with Gasteiger partial charge in [0.25, 0.3) is 10.2 Å². The van der Waals surface area contributed by atoms with Crippen molar-refractivity contribution in [3.05, 3.63) is 35.4 Å². The fourth-order valence-corrected chi connectivity index (χ4v) is 3.93. The van der Waals surface area contributed by atoms with E-state index in [0.29, 0.717) is 13.1 Å². The van der Waals surface area contributed by atoms with E-state index in [1.807, 2.05) is 0 Å².